The zero-order valence-corrected chi connectivity index (χ0v) is 15.1. The molecule has 3 aromatic rings. The summed E-state index contributed by atoms with van der Waals surface area (Å²) in [6, 6.07) is 7.62. The summed E-state index contributed by atoms with van der Waals surface area (Å²) in [5.74, 6) is 1.72. The summed E-state index contributed by atoms with van der Waals surface area (Å²) in [7, 11) is 0. The summed E-state index contributed by atoms with van der Waals surface area (Å²) in [6.07, 6.45) is 1.73. The average Bonchev–Trinajstić information content (AvgIpc) is 3.08. The number of carbonyl (C=O) groups is 1. The van der Waals surface area contributed by atoms with Gasteiger partial charge in [0.1, 0.15) is 23.9 Å². The predicted molar refractivity (Wildman–Crippen MR) is 98.0 cm³/mol. The van der Waals surface area contributed by atoms with Crippen LogP contribution in [0, 0.1) is 13.8 Å². The van der Waals surface area contributed by atoms with Crippen molar-refractivity contribution in [3.05, 3.63) is 46.6 Å². The summed E-state index contributed by atoms with van der Waals surface area (Å²) < 4.78 is 15.0. The molecule has 0 unspecified atom stereocenters. The summed E-state index contributed by atoms with van der Waals surface area (Å²) >= 11 is 1.07. The Morgan fingerprint density at radius 2 is 1.92 bits per heavy atom. The van der Waals surface area contributed by atoms with Crippen LogP contribution in [0.2, 0.25) is 0 Å². The molecule has 3 heterocycles. The molecule has 0 saturated heterocycles. The van der Waals surface area contributed by atoms with Crippen molar-refractivity contribution in [3.63, 3.8) is 0 Å². The van der Waals surface area contributed by atoms with E-state index in [-0.39, 0.29) is 5.91 Å². The first-order valence-electron chi connectivity index (χ1n) is 8.09. The van der Waals surface area contributed by atoms with Gasteiger partial charge in [-0.15, -0.1) is 5.10 Å². The van der Waals surface area contributed by atoms with Crippen LogP contribution < -0.4 is 14.8 Å². The Morgan fingerprint density at radius 1 is 1.15 bits per heavy atom. The van der Waals surface area contributed by atoms with Crippen LogP contribution in [0.4, 0.5) is 5.82 Å². The molecule has 1 amide bonds. The molecule has 1 aliphatic heterocycles. The molecule has 26 heavy (non-hydrogen) atoms. The molecule has 0 fully saturated rings. The van der Waals surface area contributed by atoms with E-state index in [0.717, 1.165) is 39.7 Å². The minimum Gasteiger partial charge on any atom is -0.486 e. The van der Waals surface area contributed by atoms with Gasteiger partial charge in [-0.3, -0.25) is 4.79 Å². The van der Waals surface area contributed by atoms with Crippen molar-refractivity contribution in [2.75, 3.05) is 18.5 Å². The van der Waals surface area contributed by atoms with E-state index in [1.165, 1.54) is 0 Å². The van der Waals surface area contributed by atoms with Crippen LogP contribution in [0.3, 0.4) is 0 Å². The highest BCUT2D eigenvalue weighted by atomic mass is 32.1. The quantitative estimate of drug-likeness (QED) is 0.764. The Morgan fingerprint density at radius 3 is 2.58 bits per heavy atom. The molecule has 0 spiro atoms. The molecule has 8 heteroatoms. The van der Waals surface area contributed by atoms with Gasteiger partial charge in [-0.05, 0) is 60.8 Å². The van der Waals surface area contributed by atoms with Gasteiger partial charge in [-0.2, -0.15) is 0 Å². The van der Waals surface area contributed by atoms with Crippen LogP contribution in [0.1, 0.15) is 20.9 Å². The van der Waals surface area contributed by atoms with E-state index in [1.807, 2.05) is 25.1 Å². The molecule has 4 rings (SSSR count). The standard InChI is InChI=1S/C18H16N4O3S/c1-10-7-14-15(25-6-5-24-14)8-13(10)12-3-4-16(19-9-12)20-18(23)17-11(2)21-22-26-17/h3-4,7-9H,5-6H2,1-2H3,(H,19,20,23). The first-order chi connectivity index (χ1) is 12.6. The molecule has 7 nitrogen and oxygen atoms in total. The maximum atomic E-state index is 12.2. The van der Waals surface area contributed by atoms with Crippen LogP contribution in [-0.2, 0) is 0 Å². The molecule has 0 radical (unpaired) electrons. The summed E-state index contributed by atoms with van der Waals surface area (Å²) in [5, 5.41) is 6.61. The minimum atomic E-state index is -0.256. The number of hydrogen-bond acceptors (Lipinski definition) is 7. The number of nitrogens with zero attached hydrogens (tertiary/aromatic N) is 3. The van der Waals surface area contributed by atoms with Gasteiger partial charge in [0.2, 0.25) is 0 Å². The number of anilines is 1. The second-order valence-corrected chi connectivity index (χ2v) is 6.64. The molecule has 2 aromatic heterocycles. The van der Waals surface area contributed by atoms with Crippen molar-refractivity contribution in [2.45, 2.75) is 13.8 Å². The van der Waals surface area contributed by atoms with Crippen molar-refractivity contribution in [3.8, 4) is 22.6 Å². The Hall–Kier alpha value is -3.00. The number of carbonyl (C=O) groups excluding carboxylic acids is 1. The Kier molecular flexibility index (Phi) is 4.26. The number of aromatic nitrogens is 3. The highest BCUT2D eigenvalue weighted by molar-refractivity contribution is 7.08. The second kappa shape index (κ2) is 6.72. The third kappa shape index (κ3) is 3.11. The average molecular weight is 368 g/mol. The van der Waals surface area contributed by atoms with Gasteiger partial charge in [-0.25, -0.2) is 4.98 Å². The fraction of sp³-hybridized carbons (Fsp3) is 0.222. The zero-order valence-electron chi connectivity index (χ0n) is 14.3. The Bertz CT molecular complexity index is 969. The third-order valence-corrected chi connectivity index (χ3v) is 4.89. The number of amides is 1. The lowest BCUT2D eigenvalue weighted by Gasteiger charge is -2.20. The number of benzene rings is 1. The van der Waals surface area contributed by atoms with E-state index in [0.29, 0.717) is 29.6 Å². The fourth-order valence-electron chi connectivity index (χ4n) is 2.74. The molecule has 1 aliphatic rings. The van der Waals surface area contributed by atoms with E-state index in [1.54, 1.807) is 19.2 Å². The lowest BCUT2D eigenvalue weighted by Crippen LogP contribution is -2.15. The first kappa shape index (κ1) is 16.5. The lowest BCUT2D eigenvalue weighted by molar-refractivity contribution is 0.102. The molecule has 0 saturated carbocycles. The van der Waals surface area contributed by atoms with E-state index in [4.69, 9.17) is 9.47 Å². The van der Waals surface area contributed by atoms with Crippen LogP contribution in [0.15, 0.2) is 30.5 Å². The molecule has 1 N–H and O–H groups in total. The predicted octanol–water partition coefficient (Wildman–Crippen LogP) is 3.24. The fourth-order valence-corrected chi connectivity index (χ4v) is 3.29. The number of aryl methyl sites for hydroxylation is 2. The monoisotopic (exact) mass is 368 g/mol. The Labute approximate surface area is 154 Å². The number of pyridine rings is 1. The van der Waals surface area contributed by atoms with Crippen molar-refractivity contribution < 1.29 is 14.3 Å². The lowest BCUT2D eigenvalue weighted by atomic mass is 10.0. The number of hydrogen-bond donors (Lipinski definition) is 1. The number of ether oxygens (including phenoxy) is 2. The zero-order chi connectivity index (χ0) is 18.1. The second-order valence-electron chi connectivity index (χ2n) is 5.88. The van der Waals surface area contributed by atoms with Crippen LogP contribution in [0.25, 0.3) is 11.1 Å². The number of nitrogens with one attached hydrogen (secondary N) is 1. The molecular weight excluding hydrogens is 352 g/mol. The molecule has 0 aliphatic carbocycles. The van der Waals surface area contributed by atoms with E-state index in [2.05, 4.69) is 19.9 Å². The van der Waals surface area contributed by atoms with E-state index < -0.39 is 0 Å². The van der Waals surface area contributed by atoms with Gasteiger partial charge >= 0.3 is 0 Å². The summed E-state index contributed by atoms with van der Waals surface area (Å²) in [5.41, 5.74) is 3.63. The highest BCUT2D eigenvalue weighted by Crippen LogP contribution is 2.37. The maximum absolute atomic E-state index is 12.2. The van der Waals surface area contributed by atoms with Crippen molar-refractivity contribution in [1.82, 2.24) is 14.6 Å². The van der Waals surface area contributed by atoms with Crippen LogP contribution in [-0.4, -0.2) is 33.7 Å². The third-order valence-electron chi connectivity index (χ3n) is 4.06. The first-order valence-corrected chi connectivity index (χ1v) is 8.86. The van der Waals surface area contributed by atoms with Gasteiger partial charge in [0.25, 0.3) is 5.91 Å². The number of fused-ring (bicyclic) bond motifs is 1. The smallest absolute Gasteiger partial charge is 0.270 e. The van der Waals surface area contributed by atoms with Gasteiger partial charge < -0.3 is 14.8 Å². The summed E-state index contributed by atoms with van der Waals surface area (Å²) in [4.78, 5) is 17.0. The topological polar surface area (TPSA) is 86.2 Å². The van der Waals surface area contributed by atoms with E-state index in [9.17, 15) is 4.79 Å². The molecule has 0 bridgehead atoms. The van der Waals surface area contributed by atoms with Gasteiger partial charge in [0.15, 0.2) is 11.5 Å². The SMILES string of the molecule is Cc1cc2c(cc1-c1ccc(NC(=O)c3snnc3C)nc1)OCCO2. The number of rotatable bonds is 3. The maximum Gasteiger partial charge on any atom is 0.270 e. The molecule has 0 atom stereocenters. The molecule has 132 valence electrons. The minimum absolute atomic E-state index is 0.256. The van der Waals surface area contributed by atoms with Crippen molar-refractivity contribution in [2.24, 2.45) is 0 Å². The van der Waals surface area contributed by atoms with Gasteiger partial charge in [0, 0.05) is 11.8 Å². The highest BCUT2D eigenvalue weighted by Gasteiger charge is 2.16. The Balaban J connectivity index is 1.56. The summed E-state index contributed by atoms with van der Waals surface area (Å²) in [6.45, 7) is 4.88. The van der Waals surface area contributed by atoms with Crippen molar-refractivity contribution >= 4 is 23.3 Å². The van der Waals surface area contributed by atoms with Crippen molar-refractivity contribution in [1.29, 1.82) is 0 Å². The van der Waals surface area contributed by atoms with Gasteiger partial charge in [0.05, 0.1) is 5.69 Å². The molecule has 1 aromatic carbocycles. The normalized spacial score (nSPS) is 12.7. The van der Waals surface area contributed by atoms with E-state index >= 15 is 0 Å². The van der Waals surface area contributed by atoms with Crippen LogP contribution in [0.5, 0.6) is 11.5 Å². The molecular formula is C18H16N4O3S. The van der Waals surface area contributed by atoms with Gasteiger partial charge in [-0.1, -0.05) is 4.49 Å². The largest absolute Gasteiger partial charge is 0.486 e. The van der Waals surface area contributed by atoms with Crippen LogP contribution >= 0.6 is 11.5 Å².